The molecule has 2 aromatic carbocycles. The van der Waals surface area contributed by atoms with E-state index in [2.05, 4.69) is 0 Å². The number of benzene rings is 2. The Morgan fingerprint density at radius 3 is 1.62 bits per heavy atom. The van der Waals surface area contributed by atoms with Gasteiger partial charge in [-0.15, -0.1) is 0 Å². The number of hydrogen-bond acceptors (Lipinski definition) is 2. The molecule has 0 unspecified atom stereocenters. The second kappa shape index (κ2) is 3.47. The van der Waals surface area contributed by atoms with Gasteiger partial charge in [0.15, 0.2) is 0 Å². The quantitative estimate of drug-likeness (QED) is 0.704. The highest BCUT2D eigenvalue weighted by Gasteiger charge is 2.35. The molecule has 1 aliphatic rings. The topological polar surface area (TPSA) is 40.5 Å². The van der Waals surface area contributed by atoms with Crippen molar-refractivity contribution in [3.05, 3.63) is 59.7 Å². The standard InChI is InChI=1S/C13H11BO2/c15-14(16)13-11-7-3-1-5-9(11)10-6-2-4-8-12(10)13/h1-8,13,15-16H. The predicted octanol–water partition coefficient (Wildman–Crippen LogP) is 1.81. The molecule has 2 N–H and O–H groups in total. The largest absolute Gasteiger partial charge is 0.464 e. The van der Waals surface area contributed by atoms with Gasteiger partial charge in [-0.2, -0.15) is 0 Å². The summed E-state index contributed by atoms with van der Waals surface area (Å²) in [4.78, 5) is 0. The maximum atomic E-state index is 9.50. The van der Waals surface area contributed by atoms with Crippen molar-refractivity contribution < 1.29 is 10.0 Å². The summed E-state index contributed by atoms with van der Waals surface area (Å²) in [7, 11) is -1.34. The summed E-state index contributed by atoms with van der Waals surface area (Å²) in [5, 5.41) is 19.0. The fourth-order valence-electron chi connectivity index (χ4n) is 2.52. The van der Waals surface area contributed by atoms with Crippen LogP contribution in [0, 0.1) is 0 Å². The molecule has 2 aromatic rings. The molecule has 0 amide bonds. The second-order valence-corrected chi connectivity index (χ2v) is 4.07. The first-order valence-corrected chi connectivity index (χ1v) is 5.33. The van der Waals surface area contributed by atoms with E-state index in [0.29, 0.717) is 0 Å². The van der Waals surface area contributed by atoms with Gasteiger partial charge in [-0.3, -0.25) is 0 Å². The Bertz CT molecular complexity index is 491. The van der Waals surface area contributed by atoms with Crippen molar-refractivity contribution in [3.63, 3.8) is 0 Å². The predicted molar refractivity (Wildman–Crippen MR) is 63.9 cm³/mol. The van der Waals surface area contributed by atoms with Crippen molar-refractivity contribution in [2.75, 3.05) is 0 Å². The van der Waals surface area contributed by atoms with E-state index in [0.717, 1.165) is 22.3 Å². The van der Waals surface area contributed by atoms with Crippen LogP contribution in [0.2, 0.25) is 0 Å². The SMILES string of the molecule is OB(O)C1c2ccccc2-c2ccccc21. The summed E-state index contributed by atoms with van der Waals surface area (Å²) < 4.78 is 0. The smallest absolute Gasteiger partial charge is 0.426 e. The maximum absolute atomic E-state index is 9.50. The van der Waals surface area contributed by atoms with E-state index < -0.39 is 7.12 Å². The van der Waals surface area contributed by atoms with Crippen molar-refractivity contribution in [3.8, 4) is 11.1 Å². The molecular weight excluding hydrogens is 199 g/mol. The van der Waals surface area contributed by atoms with Crippen LogP contribution in [0.1, 0.15) is 16.9 Å². The minimum atomic E-state index is -1.34. The van der Waals surface area contributed by atoms with Gasteiger partial charge in [-0.25, -0.2) is 0 Å². The van der Waals surface area contributed by atoms with Gasteiger partial charge in [0.05, 0.1) is 0 Å². The van der Waals surface area contributed by atoms with Crippen LogP contribution in [0.15, 0.2) is 48.5 Å². The molecule has 0 bridgehead atoms. The fourth-order valence-corrected chi connectivity index (χ4v) is 2.52. The third-order valence-electron chi connectivity index (χ3n) is 3.18. The summed E-state index contributed by atoms with van der Waals surface area (Å²) in [6, 6.07) is 15.8. The molecule has 0 fully saturated rings. The van der Waals surface area contributed by atoms with E-state index in [4.69, 9.17) is 0 Å². The molecule has 0 saturated heterocycles. The molecule has 2 nitrogen and oxygen atoms in total. The van der Waals surface area contributed by atoms with Gasteiger partial charge >= 0.3 is 7.12 Å². The lowest BCUT2D eigenvalue weighted by molar-refractivity contribution is 0.397. The van der Waals surface area contributed by atoms with Gasteiger partial charge in [0.2, 0.25) is 0 Å². The lowest BCUT2D eigenvalue weighted by Crippen LogP contribution is -2.22. The van der Waals surface area contributed by atoms with E-state index in [1.165, 1.54) is 0 Å². The van der Waals surface area contributed by atoms with Crippen LogP contribution in [0.4, 0.5) is 0 Å². The monoisotopic (exact) mass is 210 g/mol. The summed E-state index contributed by atoms with van der Waals surface area (Å²) >= 11 is 0. The molecule has 3 heteroatoms. The average Bonchev–Trinajstić information content (AvgIpc) is 2.63. The van der Waals surface area contributed by atoms with Gasteiger partial charge in [0.1, 0.15) is 0 Å². The van der Waals surface area contributed by atoms with Crippen molar-refractivity contribution in [1.82, 2.24) is 0 Å². The zero-order valence-electron chi connectivity index (χ0n) is 8.67. The zero-order chi connectivity index (χ0) is 11.1. The van der Waals surface area contributed by atoms with E-state index in [-0.39, 0.29) is 5.82 Å². The Morgan fingerprint density at radius 1 is 0.750 bits per heavy atom. The van der Waals surface area contributed by atoms with Gasteiger partial charge in [-0.1, -0.05) is 48.5 Å². The molecule has 0 spiro atoms. The Morgan fingerprint density at radius 2 is 1.19 bits per heavy atom. The third-order valence-corrected chi connectivity index (χ3v) is 3.18. The lowest BCUT2D eigenvalue weighted by Gasteiger charge is -2.11. The van der Waals surface area contributed by atoms with Gasteiger partial charge < -0.3 is 10.0 Å². The first-order valence-electron chi connectivity index (χ1n) is 5.33. The highest BCUT2D eigenvalue weighted by atomic mass is 16.4. The highest BCUT2D eigenvalue weighted by molar-refractivity contribution is 6.45. The molecule has 0 aliphatic heterocycles. The van der Waals surface area contributed by atoms with Gasteiger partial charge in [0, 0.05) is 5.82 Å². The van der Waals surface area contributed by atoms with Crippen molar-refractivity contribution in [1.29, 1.82) is 0 Å². The molecular formula is C13H11BO2. The first-order chi connectivity index (χ1) is 7.79. The van der Waals surface area contributed by atoms with Gasteiger partial charge in [0.25, 0.3) is 0 Å². The van der Waals surface area contributed by atoms with Crippen LogP contribution >= 0.6 is 0 Å². The molecule has 16 heavy (non-hydrogen) atoms. The minimum absolute atomic E-state index is 0.313. The van der Waals surface area contributed by atoms with E-state index in [9.17, 15) is 10.0 Å². The highest BCUT2D eigenvalue weighted by Crippen LogP contribution is 2.44. The van der Waals surface area contributed by atoms with E-state index >= 15 is 0 Å². The average molecular weight is 210 g/mol. The second-order valence-electron chi connectivity index (χ2n) is 4.07. The molecule has 0 atom stereocenters. The molecule has 1 aliphatic carbocycles. The minimum Gasteiger partial charge on any atom is -0.426 e. The number of fused-ring (bicyclic) bond motifs is 3. The summed E-state index contributed by atoms with van der Waals surface area (Å²) in [6.07, 6.45) is 0. The van der Waals surface area contributed by atoms with Crippen LogP contribution in [-0.4, -0.2) is 17.2 Å². The van der Waals surface area contributed by atoms with Crippen LogP contribution in [-0.2, 0) is 0 Å². The van der Waals surface area contributed by atoms with E-state index in [1.54, 1.807) is 0 Å². The fraction of sp³-hybridized carbons (Fsp3) is 0.0769. The Hall–Kier alpha value is -1.58. The Kier molecular flexibility index (Phi) is 2.09. The summed E-state index contributed by atoms with van der Waals surface area (Å²) in [5.74, 6) is -0.313. The van der Waals surface area contributed by atoms with Crippen LogP contribution < -0.4 is 0 Å². The summed E-state index contributed by atoms with van der Waals surface area (Å²) in [5.41, 5.74) is 4.21. The number of rotatable bonds is 1. The van der Waals surface area contributed by atoms with Crippen LogP contribution in [0.25, 0.3) is 11.1 Å². The molecule has 0 radical (unpaired) electrons. The van der Waals surface area contributed by atoms with Crippen molar-refractivity contribution >= 4 is 7.12 Å². The van der Waals surface area contributed by atoms with Crippen LogP contribution in [0.3, 0.4) is 0 Å². The van der Waals surface area contributed by atoms with Crippen LogP contribution in [0.5, 0.6) is 0 Å². The van der Waals surface area contributed by atoms with E-state index in [1.807, 2.05) is 48.5 Å². The normalized spacial score (nSPS) is 13.4. The van der Waals surface area contributed by atoms with Gasteiger partial charge in [-0.05, 0) is 22.3 Å². The summed E-state index contributed by atoms with van der Waals surface area (Å²) in [6.45, 7) is 0. The molecule has 0 aromatic heterocycles. The van der Waals surface area contributed by atoms with Crippen molar-refractivity contribution in [2.45, 2.75) is 5.82 Å². The Balaban J connectivity index is 2.30. The lowest BCUT2D eigenvalue weighted by atomic mass is 9.67. The van der Waals surface area contributed by atoms with Crippen molar-refractivity contribution in [2.24, 2.45) is 0 Å². The maximum Gasteiger partial charge on any atom is 0.464 e. The molecule has 3 rings (SSSR count). The zero-order valence-corrected chi connectivity index (χ0v) is 8.67. The molecule has 78 valence electrons. The Labute approximate surface area is 94.3 Å². The third kappa shape index (κ3) is 1.22. The number of hydrogen-bond donors (Lipinski definition) is 2. The molecule has 0 heterocycles. The molecule has 0 saturated carbocycles. The first kappa shape index (κ1) is 9.64.